The molecule has 3 heterocycles. The Morgan fingerprint density at radius 3 is 3.10 bits per heavy atom. The second-order valence-electron chi connectivity index (χ2n) is 9.09. The number of aromatic amines is 1. The summed E-state index contributed by atoms with van der Waals surface area (Å²) in [7, 11) is 2.24. The average Bonchev–Trinajstić information content (AvgIpc) is 2.89. The van der Waals surface area contributed by atoms with Crippen molar-refractivity contribution in [1.82, 2.24) is 15.2 Å². The van der Waals surface area contributed by atoms with Crippen molar-refractivity contribution < 1.29 is 9.53 Å². The third kappa shape index (κ3) is 3.72. The molecular formula is C23H30IN3O2. The normalized spacial score (nSPS) is 30.0. The van der Waals surface area contributed by atoms with Crippen LogP contribution in [0.4, 0.5) is 0 Å². The number of aromatic nitrogens is 1. The summed E-state index contributed by atoms with van der Waals surface area (Å²) in [5.41, 5.74) is 4.21. The molecule has 2 N–H and O–H groups in total. The SMILES string of the molecule is CN1C[C@H](COC(=O)C2CCCCCN2)CC2c3cccc4[nH]c(I)c(c34)C[C@H]21. The molecule has 0 bridgehead atoms. The Balaban J connectivity index is 1.31. The number of ether oxygens (including phenoxy) is 1. The summed E-state index contributed by atoms with van der Waals surface area (Å²) in [6, 6.07) is 7.10. The maximum absolute atomic E-state index is 12.6. The number of fused-ring (bicyclic) bond motifs is 2. The molecule has 2 aliphatic heterocycles. The van der Waals surface area contributed by atoms with Crippen LogP contribution in [0.2, 0.25) is 0 Å². The van der Waals surface area contributed by atoms with Crippen LogP contribution in [0.5, 0.6) is 0 Å². The van der Waals surface area contributed by atoms with Gasteiger partial charge in [-0.2, -0.15) is 0 Å². The molecule has 0 saturated carbocycles. The maximum Gasteiger partial charge on any atom is 0.323 e. The third-order valence-corrected chi connectivity index (χ3v) is 8.11. The molecule has 2 saturated heterocycles. The molecule has 0 amide bonds. The molecule has 1 aliphatic carbocycles. The molecule has 29 heavy (non-hydrogen) atoms. The molecule has 2 fully saturated rings. The molecule has 156 valence electrons. The maximum atomic E-state index is 12.6. The number of nitrogens with zero attached hydrogens (tertiary/aromatic N) is 1. The lowest BCUT2D eigenvalue weighted by molar-refractivity contribution is -0.148. The zero-order chi connectivity index (χ0) is 20.0. The minimum atomic E-state index is -0.112. The minimum Gasteiger partial charge on any atom is -0.464 e. The molecule has 5 nitrogen and oxygen atoms in total. The molecule has 6 heteroatoms. The first-order chi connectivity index (χ1) is 14.1. The second-order valence-corrected chi connectivity index (χ2v) is 10.2. The van der Waals surface area contributed by atoms with Crippen LogP contribution >= 0.6 is 22.6 Å². The number of H-pyrrole nitrogens is 1. The van der Waals surface area contributed by atoms with Gasteiger partial charge in [-0.25, -0.2) is 0 Å². The summed E-state index contributed by atoms with van der Waals surface area (Å²) in [5.74, 6) is 0.854. The number of halogens is 1. The van der Waals surface area contributed by atoms with E-state index in [1.54, 1.807) is 0 Å². The van der Waals surface area contributed by atoms with E-state index in [0.717, 1.165) is 45.2 Å². The van der Waals surface area contributed by atoms with E-state index in [0.29, 0.717) is 24.5 Å². The van der Waals surface area contributed by atoms with Gasteiger partial charge in [0, 0.05) is 35.3 Å². The van der Waals surface area contributed by atoms with Crippen molar-refractivity contribution in [2.45, 2.75) is 56.5 Å². The highest BCUT2D eigenvalue weighted by Gasteiger charge is 2.40. The number of likely N-dealkylation sites (N-methyl/N-ethyl adjacent to an activating group) is 1. The first-order valence-corrected chi connectivity index (χ1v) is 12.1. The number of hydrogen-bond donors (Lipinski definition) is 2. The van der Waals surface area contributed by atoms with Crippen LogP contribution in [0.3, 0.4) is 0 Å². The molecule has 5 rings (SSSR count). The summed E-state index contributed by atoms with van der Waals surface area (Å²) in [6.45, 7) is 2.47. The van der Waals surface area contributed by atoms with Gasteiger partial charge in [0.1, 0.15) is 6.04 Å². The minimum absolute atomic E-state index is 0.0510. The van der Waals surface area contributed by atoms with E-state index in [4.69, 9.17) is 4.74 Å². The van der Waals surface area contributed by atoms with E-state index < -0.39 is 0 Å². The van der Waals surface area contributed by atoms with Crippen molar-refractivity contribution >= 4 is 39.5 Å². The lowest BCUT2D eigenvalue weighted by Crippen LogP contribution is -2.49. The van der Waals surface area contributed by atoms with Crippen LogP contribution in [0, 0.1) is 9.62 Å². The first kappa shape index (κ1) is 19.8. The van der Waals surface area contributed by atoms with Gasteiger partial charge in [0.15, 0.2) is 0 Å². The predicted octanol–water partition coefficient (Wildman–Crippen LogP) is 3.81. The van der Waals surface area contributed by atoms with Crippen LogP contribution in [0.25, 0.3) is 10.9 Å². The monoisotopic (exact) mass is 507 g/mol. The van der Waals surface area contributed by atoms with E-state index in [-0.39, 0.29) is 12.0 Å². The van der Waals surface area contributed by atoms with Crippen LogP contribution in [-0.4, -0.2) is 54.7 Å². The van der Waals surface area contributed by atoms with Gasteiger partial charge in [0.05, 0.1) is 10.3 Å². The lowest BCUT2D eigenvalue weighted by Gasteiger charge is -2.45. The molecule has 0 radical (unpaired) electrons. The van der Waals surface area contributed by atoms with Gasteiger partial charge in [-0.05, 0) is 79.1 Å². The molecule has 3 aliphatic rings. The van der Waals surface area contributed by atoms with E-state index in [1.165, 1.54) is 32.2 Å². The van der Waals surface area contributed by atoms with Crippen molar-refractivity contribution in [3.05, 3.63) is 33.0 Å². The number of benzene rings is 1. The smallest absolute Gasteiger partial charge is 0.323 e. The van der Waals surface area contributed by atoms with Crippen LogP contribution in [-0.2, 0) is 16.0 Å². The highest BCUT2D eigenvalue weighted by molar-refractivity contribution is 14.1. The number of likely N-dealkylation sites (tertiary alicyclic amines) is 1. The van der Waals surface area contributed by atoms with Crippen molar-refractivity contribution in [2.75, 3.05) is 26.7 Å². The number of esters is 1. The van der Waals surface area contributed by atoms with Gasteiger partial charge in [-0.1, -0.05) is 25.0 Å². The Morgan fingerprint density at radius 1 is 1.31 bits per heavy atom. The van der Waals surface area contributed by atoms with Gasteiger partial charge >= 0.3 is 5.97 Å². The van der Waals surface area contributed by atoms with Crippen molar-refractivity contribution in [3.63, 3.8) is 0 Å². The molecule has 2 aromatic rings. The summed E-state index contributed by atoms with van der Waals surface area (Å²) in [5, 5.41) is 4.80. The third-order valence-electron chi connectivity index (χ3n) is 7.19. The molecule has 0 spiro atoms. The van der Waals surface area contributed by atoms with Crippen LogP contribution < -0.4 is 5.32 Å². The van der Waals surface area contributed by atoms with Crippen molar-refractivity contribution in [2.24, 2.45) is 5.92 Å². The molecular weight excluding hydrogens is 477 g/mol. The number of carbonyl (C=O) groups excluding carboxylic acids is 1. The lowest BCUT2D eigenvalue weighted by atomic mass is 9.72. The highest BCUT2D eigenvalue weighted by atomic mass is 127. The molecule has 1 aromatic heterocycles. The van der Waals surface area contributed by atoms with Crippen molar-refractivity contribution in [3.8, 4) is 0 Å². The second kappa shape index (κ2) is 8.19. The number of carbonyl (C=O) groups is 1. The highest BCUT2D eigenvalue weighted by Crippen LogP contribution is 2.45. The van der Waals surface area contributed by atoms with Gasteiger partial charge in [0.25, 0.3) is 0 Å². The Hall–Kier alpha value is -1.12. The fourth-order valence-electron chi connectivity index (χ4n) is 5.75. The Morgan fingerprint density at radius 2 is 2.21 bits per heavy atom. The zero-order valence-electron chi connectivity index (χ0n) is 17.0. The zero-order valence-corrected chi connectivity index (χ0v) is 19.2. The standard InChI is InChI=1S/C23H30IN3O2/c1-27-12-14(13-29-23(28)19-7-3-2-4-9-25-19)10-16-15-6-5-8-18-21(15)17(11-20(16)27)22(24)26-18/h5-6,8,14,16,19-20,25-26H,2-4,7,9-13H2,1H3/t14-,16?,19?,20-/m1/s1. The summed E-state index contributed by atoms with van der Waals surface area (Å²) in [4.78, 5) is 18.6. The average molecular weight is 507 g/mol. The summed E-state index contributed by atoms with van der Waals surface area (Å²) in [6.07, 6.45) is 6.59. The summed E-state index contributed by atoms with van der Waals surface area (Å²) >= 11 is 2.45. The Kier molecular flexibility index (Phi) is 5.60. The van der Waals surface area contributed by atoms with Gasteiger partial charge in [-0.15, -0.1) is 0 Å². The van der Waals surface area contributed by atoms with Crippen molar-refractivity contribution in [1.29, 1.82) is 0 Å². The first-order valence-electron chi connectivity index (χ1n) is 11.0. The van der Waals surface area contributed by atoms with E-state index in [9.17, 15) is 4.79 Å². The number of rotatable bonds is 3. The van der Waals surface area contributed by atoms with E-state index in [2.05, 4.69) is 63.0 Å². The quantitative estimate of drug-likeness (QED) is 0.490. The van der Waals surface area contributed by atoms with Gasteiger partial charge in [0.2, 0.25) is 0 Å². The predicted molar refractivity (Wildman–Crippen MR) is 123 cm³/mol. The number of piperidine rings is 1. The van der Waals surface area contributed by atoms with E-state index in [1.807, 2.05) is 0 Å². The largest absolute Gasteiger partial charge is 0.464 e. The number of hydrogen-bond acceptors (Lipinski definition) is 4. The molecule has 2 unspecified atom stereocenters. The topological polar surface area (TPSA) is 57.4 Å². The fourth-order valence-corrected chi connectivity index (χ4v) is 6.53. The number of nitrogens with one attached hydrogen (secondary N) is 2. The Labute approximate surface area is 186 Å². The van der Waals surface area contributed by atoms with E-state index >= 15 is 0 Å². The van der Waals surface area contributed by atoms with Gasteiger partial charge in [-0.3, -0.25) is 4.79 Å². The fraction of sp³-hybridized carbons (Fsp3) is 0.609. The van der Waals surface area contributed by atoms with Crippen LogP contribution in [0.15, 0.2) is 18.2 Å². The Bertz CT molecular complexity index is 903. The molecule has 1 aromatic carbocycles. The summed E-state index contributed by atoms with van der Waals surface area (Å²) < 4.78 is 7.10. The van der Waals surface area contributed by atoms with Gasteiger partial charge < -0.3 is 19.9 Å². The van der Waals surface area contributed by atoms with Crippen LogP contribution in [0.1, 0.15) is 49.1 Å². The molecule has 4 atom stereocenters.